The maximum absolute atomic E-state index is 10.7. The number of carbonyl (C=O) groups is 2. The van der Waals surface area contributed by atoms with Gasteiger partial charge in [-0.3, -0.25) is 0 Å². The number of allylic oxidation sites excluding steroid dienone is 3. The molecule has 7 heteroatoms. The molecule has 0 aromatic rings. The smallest absolute Gasteiger partial charge is 0.328 e. The molecule has 186 valence electrons. The van der Waals surface area contributed by atoms with Crippen LogP contribution in [0.25, 0.3) is 0 Å². The fraction of sp³-hybridized carbons (Fsp3) is 0.692. The minimum Gasteiger partial charge on any atom is -0.478 e. The lowest BCUT2D eigenvalue weighted by Gasteiger charge is -2.58. The van der Waals surface area contributed by atoms with Crippen molar-refractivity contribution < 1.29 is 24.9 Å². The minimum absolute atomic E-state index is 0.305. The number of carboxylic acids is 2. The lowest BCUT2D eigenvalue weighted by molar-refractivity contribution is -0.138. The monoisotopic (exact) mass is 462 g/mol. The summed E-state index contributed by atoms with van der Waals surface area (Å²) in [6, 6.07) is 0.653. The van der Waals surface area contributed by atoms with E-state index >= 15 is 0 Å². The van der Waals surface area contributed by atoms with Crippen molar-refractivity contribution in [3.05, 3.63) is 35.5 Å². The van der Waals surface area contributed by atoms with Crippen LogP contribution in [0.2, 0.25) is 0 Å². The molecule has 0 radical (unpaired) electrons. The lowest BCUT2D eigenvalue weighted by Crippen LogP contribution is -2.61. The second-order valence-corrected chi connectivity index (χ2v) is 10.3. The van der Waals surface area contributed by atoms with E-state index in [4.69, 9.17) is 10.2 Å². The molecule has 0 aromatic carbocycles. The summed E-state index contributed by atoms with van der Waals surface area (Å²) >= 11 is 0. The Kier molecular flexibility index (Phi) is 10.8. The Morgan fingerprint density at radius 2 is 1.55 bits per heavy atom. The molecule has 2 atom stereocenters. The summed E-state index contributed by atoms with van der Waals surface area (Å²) in [5, 5.41) is 33.6. The van der Waals surface area contributed by atoms with Gasteiger partial charge in [-0.05, 0) is 83.5 Å². The van der Waals surface area contributed by atoms with Gasteiger partial charge in [-0.25, -0.2) is 9.59 Å². The normalized spacial score (nSPS) is 30.1. The van der Waals surface area contributed by atoms with Crippen LogP contribution >= 0.6 is 0 Å². The topological polar surface area (TPSA) is 119 Å². The highest BCUT2D eigenvalue weighted by atomic mass is 16.4. The number of hydrogen-bond acceptors (Lipinski definition) is 5. The molecule has 2 unspecified atom stereocenters. The van der Waals surface area contributed by atoms with Crippen molar-refractivity contribution in [2.75, 3.05) is 19.6 Å². The van der Waals surface area contributed by atoms with Gasteiger partial charge in [0.2, 0.25) is 0 Å². The number of nitrogens with one attached hydrogen (secondary N) is 2. The summed E-state index contributed by atoms with van der Waals surface area (Å²) in [5.74, 6) is -0.278. The molecule has 4 rings (SSSR count). The van der Waals surface area contributed by atoms with Crippen LogP contribution in [0.1, 0.15) is 65.7 Å². The second kappa shape index (κ2) is 13.1. The lowest BCUT2D eigenvalue weighted by atomic mass is 9.52. The summed E-state index contributed by atoms with van der Waals surface area (Å²) in [6.45, 7) is 9.61. The quantitative estimate of drug-likeness (QED) is 0.181. The number of carboxylic acid groups (broad SMARTS) is 2. The van der Waals surface area contributed by atoms with Crippen LogP contribution in [0.15, 0.2) is 35.5 Å². The maximum atomic E-state index is 10.7. The van der Waals surface area contributed by atoms with E-state index in [1.165, 1.54) is 30.4 Å². The van der Waals surface area contributed by atoms with Gasteiger partial charge in [0.05, 0.1) is 5.60 Å². The van der Waals surface area contributed by atoms with Gasteiger partial charge in [-0.1, -0.05) is 23.3 Å². The highest BCUT2D eigenvalue weighted by Crippen LogP contribution is 2.55. The first-order valence-electron chi connectivity index (χ1n) is 12.2. The second-order valence-electron chi connectivity index (χ2n) is 10.3. The van der Waals surface area contributed by atoms with Crippen molar-refractivity contribution in [2.45, 2.75) is 77.4 Å². The molecule has 0 heterocycles. The predicted octanol–water partition coefficient (Wildman–Crippen LogP) is 3.51. The van der Waals surface area contributed by atoms with Crippen LogP contribution in [0.5, 0.6) is 0 Å². The van der Waals surface area contributed by atoms with E-state index in [0.717, 1.165) is 51.2 Å². The first-order chi connectivity index (χ1) is 15.6. The summed E-state index contributed by atoms with van der Waals surface area (Å²) < 4.78 is 0. The maximum Gasteiger partial charge on any atom is 0.328 e. The van der Waals surface area contributed by atoms with Gasteiger partial charge in [0.25, 0.3) is 0 Å². The zero-order valence-electron chi connectivity index (χ0n) is 20.3. The van der Waals surface area contributed by atoms with E-state index in [1.54, 1.807) is 0 Å². The van der Waals surface area contributed by atoms with Crippen LogP contribution in [0, 0.1) is 17.8 Å². The van der Waals surface area contributed by atoms with Crippen LogP contribution < -0.4 is 10.6 Å². The molecule has 0 saturated heterocycles. The number of aliphatic hydroxyl groups is 1. The number of aliphatic carboxylic acids is 2. The molecule has 4 aliphatic rings. The van der Waals surface area contributed by atoms with Gasteiger partial charge in [0, 0.05) is 37.8 Å². The minimum atomic E-state index is -1.26. The molecule has 4 saturated carbocycles. The van der Waals surface area contributed by atoms with E-state index in [2.05, 4.69) is 43.6 Å². The van der Waals surface area contributed by atoms with E-state index in [1.807, 2.05) is 0 Å². The summed E-state index contributed by atoms with van der Waals surface area (Å²) in [6.07, 6.45) is 13.9. The molecule has 7 nitrogen and oxygen atoms in total. The molecule has 4 bridgehead atoms. The van der Waals surface area contributed by atoms with Gasteiger partial charge in [0.1, 0.15) is 0 Å². The Morgan fingerprint density at radius 1 is 0.939 bits per heavy atom. The zero-order valence-corrected chi connectivity index (χ0v) is 20.3. The standard InChI is InChI=1S/C22H38N2O.C4H4O4/c1-16(2)5-4-6-17(3)7-8-23-9-10-24-21-19-11-18-12-20(21)15-22(25,13-18)14-19;5-3(6)1-2-4(7)8/h5,7,18-21,23-25H,4,6,8-15H2,1-3H3;1-2H,(H,5,6)(H,7,8)/b17-7+;2-1-. The molecular formula is C26H42N2O5. The molecule has 0 aliphatic heterocycles. The Labute approximate surface area is 198 Å². The third-order valence-corrected chi connectivity index (χ3v) is 6.98. The Balaban J connectivity index is 0.000000414. The van der Waals surface area contributed by atoms with Crippen molar-refractivity contribution in [1.82, 2.24) is 10.6 Å². The van der Waals surface area contributed by atoms with E-state index in [9.17, 15) is 14.7 Å². The third kappa shape index (κ3) is 9.82. The van der Waals surface area contributed by atoms with Gasteiger partial charge >= 0.3 is 11.9 Å². The molecule has 0 aromatic heterocycles. The average Bonchev–Trinajstić information content (AvgIpc) is 2.69. The van der Waals surface area contributed by atoms with Crippen molar-refractivity contribution >= 4 is 11.9 Å². The third-order valence-electron chi connectivity index (χ3n) is 6.98. The summed E-state index contributed by atoms with van der Waals surface area (Å²) in [5.41, 5.74) is 2.59. The fourth-order valence-electron chi connectivity index (χ4n) is 5.82. The first kappa shape index (κ1) is 27.3. The van der Waals surface area contributed by atoms with E-state index in [0.29, 0.717) is 30.0 Å². The largest absolute Gasteiger partial charge is 0.478 e. The Hall–Kier alpha value is -1.96. The van der Waals surface area contributed by atoms with Gasteiger partial charge in [-0.15, -0.1) is 0 Å². The Bertz CT molecular complexity index is 722. The number of rotatable bonds is 11. The predicted molar refractivity (Wildman–Crippen MR) is 130 cm³/mol. The first-order valence-corrected chi connectivity index (χ1v) is 12.2. The molecular weight excluding hydrogens is 420 g/mol. The van der Waals surface area contributed by atoms with Crippen molar-refractivity contribution in [1.29, 1.82) is 0 Å². The molecule has 5 N–H and O–H groups in total. The van der Waals surface area contributed by atoms with Gasteiger partial charge in [-0.2, -0.15) is 0 Å². The average molecular weight is 463 g/mol. The highest BCUT2D eigenvalue weighted by Gasteiger charge is 2.54. The molecule has 0 amide bonds. The van der Waals surface area contributed by atoms with Gasteiger partial charge < -0.3 is 26.0 Å². The van der Waals surface area contributed by atoms with Crippen LogP contribution in [-0.4, -0.2) is 58.5 Å². The molecule has 0 spiro atoms. The SMILES string of the molecule is CC(C)=CCC/C(C)=C/CNCCNC1C2CC3CC1CC(O)(C3)C2.O=C(O)/C=C\C(=O)O. The van der Waals surface area contributed by atoms with Crippen LogP contribution in [0.4, 0.5) is 0 Å². The Morgan fingerprint density at radius 3 is 2.06 bits per heavy atom. The van der Waals surface area contributed by atoms with Gasteiger partial charge in [0.15, 0.2) is 0 Å². The zero-order chi connectivity index (χ0) is 24.4. The molecule has 4 fully saturated rings. The van der Waals surface area contributed by atoms with Crippen LogP contribution in [-0.2, 0) is 9.59 Å². The fourth-order valence-corrected chi connectivity index (χ4v) is 5.82. The van der Waals surface area contributed by atoms with E-state index in [-0.39, 0.29) is 5.60 Å². The van der Waals surface area contributed by atoms with Crippen molar-refractivity contribution in [2.24, 2.45) is 17.8 Å². The summed E-state index contributed by atoms with van der Waals surface area (Å²) in [4.78, 5) is 19.1. The number of hydrogen-bond donors (Lipinski definition) is 5. The molecule has 33 heavy (non-hydrogen) atoms. The van der Waals surface area contributed by atoms with E-state index < -0.39 is 11.9 Å². The highest BCUT2D eigenvalue weighted by molar-refractivity contribution is 5.89. The molecule has 4 aliphatic carbocycles. The van der Waals surface area contributed by atoms with Crippen molar-refractivity contribution in [3.8, 4) is 0 Å². The van der Waals surface area contributed by atoms with Crippen molar-refractivity contribution in [3.63, 3.8) is 0 Å². The summed E-state index contributed by atoms with van der Waals surface area (Å²) in [7, 11) is 0. The van der Waals surface area contributed by atoms with Crippen LogP contribution in [0.3, 0.4) is 0 Å².